The molecule has 2 heterocycles. The van der Waals surface area contributed by atoms with Gasteiger partial charge in [0, 0.05) is 24.6 Å². The smallest absolute Gasteiger partial charge is 0.264 e. The van der Waals surface area contributed by atoms with Crippen molar-refractivity contribution < 1.29 is 21.8 Å². The molecule has 0 unspecified atom stereocenters. The van der Waals surface area contributed by atoms with Gasteiger partial charge in [0.25, 0.3) is 10.1 Å². The molecule has 0 aliphatic carbocycles. The highest BCUT2D eigenvalue weighted by molar-refractivity contribution is 7.85. The van der Waals surface area contributed by atoms with Crippen LogP contribution in [-0.2, 0) is 25.5 Å². The lowest BCUT2D eigenvalue weighted by atomic mass is 10.1. The van der Waals surface area contributed by atoms with Crippen molar-refractivity contribution in [2.24, 2.45) is 0 Å². The summed E-state index contributed by atoms with van der Waals surface area (Å²) >= 11 is 0. The molecule has 0 saturated carbocycles. The first-order valence-corrected chi connectivity index (χ1v) is 11.3. The first kappa shape index (κ1) is 22.5. The van der Waals surface area contributed by atoms with E-state index in [0.29, 0.717) is 12.5 Å². The lowest BCUT2D eigenvalue weighted by Crippen LogP contribution is -2.32. The maximum Gasteiger partial charge on any atom is 0.264 e. The molecule has 0 radical (unpaired) electrons. The van der Waals surface area contributed by atoms with Gasteiger partial charge in [0.2, 0.25) is 5.89 Å². The van der Waals surface area contributed by atoms with Crippen molar-refractivity contribution in [3.63, 3.8) is 0 Å². The third-order valence-corrected chi connectivity index (χ3v) is 4.79. The van der Waals surface area contributed by atoms with Crippen LogP contribution in [-0.4, -0.2) is 43.5 Å². The van der Waals surface area contributed by atoms with Crippen LogP contribution in [0.25, 0.3) is 11.5 Å². The molecule has 2 aromatic heterocycles. The fourth-order valence-corrected chi connectivity index (χ4v) is 3.16. The summed E-state index contributed by atoms with van der Waals surface area (Å²) in [7, 11) is -3.44. The lowest BCUT2D eigenvalue weighted by Gasteiger charge is -2.24. The maximum absolute atomic E-state index is 11.1. The van der Waals surface area contributed by atoms with Crippen LogP contribution in [0.2, 0.25) is 0 Å². The zero-order valence-corrected chi connectivity index (χ0v) is 17.9. The predicted molar refractivity (Wildman–Crippen MR) is 107 cm³/mol. The molecule has 0 aliphatic rings. The van der Waals surface area contributed by atoms with Crippen molar-refractivity contribution in [2.75, 3.05) is 19.5 Å². The highest BCUT2D eigenvalue weighted by Crippen LogP contribution is 2.22. The van der Waals surface area contributed by atoms with Gasteiger partial charge < -0.3 is 9.15 Å². The Hall–Kier alpha value is -1.77. The molecule has 0 spiro atoms. The van der Waals surface area contributed by atoms with E-state index in [4.69, 9.17) is 13.3 Å². The maximum atomic E-state index is 11.1. The third-order valence-electron chi connectivity index (χ3n) is 4.24. The number of pyridine rings is 1. The van der Waals surface area contributed by atoms with E-state index in [1.54, 1.807) is 12.4 Å². The third kappa shape index (κ3) is 8.08. The van der Waals surface area contributed by atoms with Gasteiger partial charge in [-0.1, -0.05) is 12.8 Å². The van der Waals surface area contributed by atoms with Crippen LogP contribution in [0, 0.1) is 6.92 Å². The summed E-state index contributed by atoms with van der Waals surface area (Å²) in [5.74, 6) is 1.50. The average molecular weight is 411 g/mol. The van der Waals surface area contributed by atoms with Gasteiger partial charge in [-0.05, 0) is 52.2 Å². The van der Waals surface area contributed by atoms with Gasteiger partial charge in [-0.3, -0.25) is 9.17 Å². The lowest BCUT2D eigenvalue weighted by molar-refractivity contribution is -0.0466. The van der Waals surface area contributed by atoms with Gasteiger partial charge in [0.15, 0.2) is 0 Å². The fourth-order valence-electron chi connectivity index (χ4n) is 2.67. The van der Waals surface area contributed by atoms with Crippen molar-refractivity contribution >= 4 is 10.1 Å². The minimum Gasteiger partial charge on any atom is -0.441 e. The van der Waals surface area contributed by atoms with Crippen molar-refractivity contribution in [3.05, 3.63) is 36.0 Å². The zero-order chi connectivity index (χ0) is 20.6. The minimum atomic E-state index is -3.44. The van der Waals surface area contributed by atoms with E-state index in [2.05, 4.69) is 9.97 Å². The summed E-state index contributed by atoms with van der Waals surface area (Å²) in [6, 6.07) is 3.77. The fraction of sp³-hybridized carbons (Fsp3) is 0.600. The van der Waals surface area contributed by atoms with Crippen LogP contribution in [0.15, 0.2) is 28.9 Å². The van der Waals surface area contributed by atoms with Crippen LogP contribution < -0.4 is 0 Å². The van der Waals surface area contributed by atoms with Crippen LogP contribution in [0.4, 0.5) is 0 Å². The van der Waals surface area contributed by atoms with Crippen molar-refractivity contribution in [1.82, 2.24) is 9.97 Å². The standard InChI is InChI=1S/C20H30N2O5S/c1-16-18(22-19(27-16)17-10-12-21-13-11-17)9-7-5-6-8-14-25-20(2,3)15-26-28(4,23)24/h10-13H,5-9,14-15H2,1-4H3. The van der Waals surface area contributed by atoms with Crippen molar-refractivity contribution in [3.8, 4) is 11.5 Å². The number of aromatic nitrogens is 2. The molecule has 0 saturated heterocycles. The zero-order valence-electron chi connectivity index (χ0n) is 17.1. The van der Waals surface area contributed by atoms with Crippen LogP contribution in [0.1, 0.15) is 51.0 Å². The molecule has 0 fully saturated rings. The number of aryl methyl sites for hydroxylation is 2. The second-order valence-electron chi connectivity index (χ2n) is 7.50. The molecule has 2 rings (SSSR count). The van der Waals surface area contributed by atoms with Gasteiger partial charge in [-0.15, -0.1) is 0 Å². The monoisotopic (exact) mass is 410 g/mol. The van der Waals surface area contributed by atoms with E-state index in [1.165, 1.54) is 0 Å². The Kier molecular flexibility index (Phi) is 8.15. The molecular formula is C20H30N2O5S. The SMILES string of the molecule is Cc1oc(-c2ccncc2)nc1CCCCCCOC(C)(C)COS(C)(=O)=O. The molecule has 0 aromatic carbocycles. The molecule has 0 N–H and O–H groups in total. The second-order valence-corrected chi connectivity index (χ2v) is 9.14. The second kappa shape index (κ2) is 10.1. The molecular weight excluding hydrogens is 380 g/mol. The topological polar surface area (TPSA) is 91.5 Å². The number of rotatable bonds is 12. The number of nitrogens with zero attached hydrogens (tertiary/aromatic N) is 2. The van der Waals surface area contributed by atoms with Gasteiger partial charge in [-0.25, -0.2) is 4.98 Å². The highest BCUT2D eigenvalue weighted by Gasteiger charge is 2.21. The molecule has 2 aromatic rings. The number of hydrogen-bond acceptors (Lipinski definition) is 7. The predicted octanol–water partition coefficient (Wildman–Crippen LogP) is 3.92. The van der Waals surface area contributed by atoms with Gasteiger partial charge >= 0.3 is 0 Å². The minimum absolute atomic E-state index is 0.0249. The molecule has 0 atom stereocenters. The summed E-state index contributed by atoms with van der Waals surface area (Å²) in [6.45, 7) is 6.20. The van der Waals surface area contributed by atoms with Gasteiger partial charge in [0.1, 0.15) is 5.76 Å². The Bertz CT molecular complexity index is 832. The average Bonchev–Trinajstić information content (AvgIpc) is 3.00. The molecule has 8 heteroatoms. The Balaban J connectivity index is 1.64. The Morgan fingerprint density at radius 2 is 1.79 bits per heavy atom. The van der Waals surface area contributed by atoms with E-state index in [-0.39, 0.29) is 6.61 Å². The molecule has 0 bridgehead atoms. The summed E-state index contributed by atoms with van der Waals surface area (Å²) in [6.07, 6.45) is 9.44. The quantitative estimate of drug-likeness (QED) is 0.387. The summed E-state index contributed by atoms with van der Waals surface area (Å²) in [5, 5.41) is 0. The first-order chi connectivity index (χ1) is 13.2. The van der Waals surface area contributed by atoms with Crippen molar-refractivity contribution in [2.45, 2.75) is 58.5 Å². The van der Waals surface area contributed by atoms with Gasteiger partial charge in [-0.2, -0.15) is 8.42 Å². The number of oxazole rings is 1. The van der Waals surface area contributed by atoms with Crippen LogP contribution >= 0.6 is 0 Å². The highest BCUT2D eigenvalue weighted by atomic mass is 32.2. The largest absolute Gasteiger partial charge is 0.441 e. The summed E-state index contributed by atoms with van der Waals surface area (Å²) < 4.78 is 38.4. The first-order valence-electron chi connectivity index (χ1n) is 9.51. The van der Waals surface area contributed by atoms with E-state index in [9.17, 15) is 8.42 Å². The van der Waals surface area contributed by atoms with Crippen LogP contribution in [0.3, 0.4) is 0 Å². The number of ether oxygens (including phenoxy) is 1. The Morgan fingerprint density at radius 1 is 1.11 bits per heavy atom. The van der Waals surface area contributed by atoms with Crippen LogP contribution in [0.5, 0.6) is 0 Å². The molecule has 28 heavy (non-hydrogen) atoms. The van der Waals surface area contributed by atoms with E-state index >= 15 is 0 Å². The molecule has 156 valence electrons. The van der Waals surface area contributed by atoms with E-state index < -0.39 is 15.7 Å². The molecule has 0 amide bonds. The Labute approximate surface area is 167 Å². The molecule has 0 aliphatic heterocycles. The number of unbranched alkanes of at least 4 members (excludes halogenated alkanes) is 3. The van der Waals surface area contributed by atoms with E-state index in [1.807, 2.05) is 32.9 Å². The molecule has 7 nitrogen and oxygen atoms in total. The Morgan fingerprint density at radius 3 is 2.46 bits per heavy atom. The normalized spacial score (nSPS) is 12.4. The number of hydrogen-bond donors (Lipinski definition) is 0. The summed E-state index contributed by atoms with van der Waals surface area (Å²) in [5.41, 5.74) is 1.32. The van der Waals surface area contributed by atoms with Gasteiger partial charge in [0.05, 0.1) is 24.2 Å². The summed E-state index contributed by atoms with van der Waals surface area (Å²) in [4.78, 5) is 8.61. The van der Waals surface area contributed by atoms with E-state index in [0.717, 1.165) is 55.4 Å². The van der Waals surface area contributed by atoms with Crippen molar-refractivity contribution in [1.29, 1.82) is 0 Å².